The summed E-state index contributed by atoms with van der Waals surface area (Å²) in [5.74, 6) is -9.80. The van der Waals surface area contributed by atoms with E-state index in [4.69, 9.17) is 22.3 Å². The summed E-state index contributed by atoms with van der Waals surface area (Å²) in [5.41, 5.74) is 5.99. The number of amides is 11. The molecule has 3 rings (SSSR count). The molecule has 2 fully saturated rings. The van der Waals surface area contributed by atoms with Crippen LogP contribution < -0.4 is 69.5 Å². The van der Waals surface area contributed by atoms with Crippen LogP contribution in [-0.2, 0) is 68.7 Å². The first kappa shape index (κ1) is 67.0. The van der Waals surface area contributed by atoms with Crippen LogP contribution in [0.15, 0.2) is 30.3 Å². The van der Waals surface area contributed by atoms with Gasteiger partial charge in [-0.2, -0.15) is 0 Å². The highest BCUT2D eigenvalue weighted by atomic mass is 33.1. The molecule has 31 heteroatoms. The number of carboxylic acid groups (broad SMARTS) is 1. The Labute approximate surface area is 474 Å². The van der Waals surface area contributed by atoms with Gasteiger partial charge < -0.3 is 79.4 Å². The van der Waals surface area contributed by atoms with E-state index in [1.807, 2.05) is 0 Å². The van der Waals surface area contributed by atoms with Gasteiger partial charge in [0.05, 0.1) is 25.3 Å². The summed E-state index contributed by atoms with van der Waals surface area (Å²) in [6.07, 6.45) is 4.60. The van der Waals surface area contributed by atoms with Gasteiger partial charge in [0.15, 0.2) is 5.96 Å². The maximum absolute atomic E-state index is 14.5. The minimum atomic E-state index is -1.80. The minimum absolute atomic E-state index is 0.0428. The number of hydrogen-bond donors (Lipinski definition) is 15. The fourth-order valence-corrected chi connectivity index (χ4v) is 10.8. The van der Waals surface area contributed by atoms with Crippen molar-refractivity contribution in [1.82, 2.24) is 63.8 Å². The zero-order chi connectivity index (χ0) is 59.0. The van der Waals surface area contributed by atoms with E-state index in [0.717, 1.165) is 33.3 Å². The Balaban J connectivity index is 2.15. The van der Waals surface area contributed by atoms with Crippen LogP contribution in [-0.4, -0.2) is 193 Å². The summed E-state index contributed by atoms with van der Waals surface area (Å²) < 4.78 is 5.35. The molecule has 2 bridgehead atoms. The lowest BCUT2D eigenvalue weighted by molar-refractivity contribution is -0.141. The van der Waals surface area contributed by atoms with E-state index in [0.29, 0.717) is 12.2 Å². The predicted molar refractivity (Wildman–Crippen MR) is 298 cm³/mol. The lowest BCUT2D eigenvalue weighted by atomic mass is 10.0. The van der Waals surface area contributed by atoms with Crippen molar-refractivity contribution in [1.29, 1.82) is 5.41 Å². The van der Waals surface area contributed by atoms with Crippen LogP contribution in [0.25, 0.3) is 0 Å². The Morgan fingerprint density at radius 3 is 1.96 bits per heavy atom. The molecule has 0 radical (unpaired) electrons. The summed E-state index contributed by atoms with van der Waals surface area (Å²) in [6.45, 7) is 2.82. The maximum atomic E-state index is 14.5. The van der Waals surface area contributed by atoms with Gasteiger partial charge in [-0.15, -0.1) is 24.1 Å². The molecule has 0 aliphatic carbocycles. The molecule has 2 saturated heterocycles. The number of guanidine groups is 1. The Morgan fingerprint density at radius 2 is 1.34 bits per heavy atom. The molecular formula is C49H72N14O14S3. The number of hydrogen-bond acceptors (Lipinski definition) is 17. The number of fused-ring (bicyclic) bond motifs is 5. The van der Waals surface area contributed by atoms with Crippen molar-refractivity contribution in [3.05, 3.63) is 35.9 Å². The van der Waals surface area contributed by atoms with Gasteiger partial charge in [0.25, 0.3) is 0 Å². The van der Waals surface area contributed by atoms with E-state index < -0.39 is 132 Å². The molecule has 0 aromatic heterocycles. The van der Waals surface area contributed by atoms with Gasteiger partial charge in [-0.1, -0.05) is 51.9 Å². The first-order valence-electron chi connectivity index (χ1n) is 25.6. The molecule has 440 valence electrons. The number of thioether (sulfide) groups is 1. The SMILES string of the molecule is C#CCC(NC(C)=O)C(=O)NCCCC[C@@H]1NC(=O)CSC[C@@H](C(=O)NCCOCC)NC(=O)[C@H](Cc2ccccc2)NC(=O)[C@@H]2CSSC[C@H](NC1=O)C(=O)N[C@@H](CCCNC(=N)N)C(=O)NCC(=O)N[C@@H](CC(=O)O)C(=O)N2. The number of aliphatic carboxylic acids is 1. The molecule has 1 unspecified atom stereocenters. The van der Waals surface area contributed by atoms with Gasteiger partial charge in [0.1, 0.15) is 48.3 Å². The Hall–Kier alpha value is -7.30. The number of carbonyl (C=O) groups is 12. The summed E-state index contributed by atoms with van der Waals surface area (Å²) in [5, 5.41) is 48.0. The fraction of sp³-hybridized carbons (Fsp3) is 0.571. The van der Waals surface area contributed by atoms with Crippen LogP contribution in [0.2, 0.25) is 0 Å². The Bertz CT molecular complexity index is 2390. The number of nitrogens with two attached hydrogens (primary N) is 1. The molecule has 0 saturated carbocycles. The predicted octanol–water partition coefficient (Wildman–Crippen LogP) is -4.41. The third kappa shape index (κ3) is 26.1. The molecular weight excluding hydrogens is 1100 g/mol. The molecule has 1 aromatic rings. The minimum Gasteiger partial charge on any atom is -0.481 e. The highest BCUT2D eigenvalue weighted by Gasteiger charge is 2.35. The van der Waals surface area contributed by atoms with Crippen molar-refractivity contribution < 1.29 is 67.4 Å². The van der Waals surface area contributed by atoms with Crippen molar-refractivity contribution in [3.8, 4) is 12.3 Å². The van der Waals surface area contributed by atoms with Crippen LogP contribution >= 0.6 is 33.3 Å². The lowest BCUT2D eigenvalue weighted by Crippen LogP contribution is -2.60. The normalized spacial score (nSPS) is 22.6. The van der Waals surface area contributed by atoms with Gasteiger partial charge in [0, 0.05) is 63.3 Å². The average molecular weight is 1180 g/mol. The number of unbranched alkanes of at least 4 members (excludes halogenated alkanes) is 1. The second-order valence-corrected chi connectivity index (χ2v) is 21.6. The van der Waals surface area contributed by atoms with Gasteiger partial charge in [-0.3, -0.25) is 62.9 Å². The molecule has 8 atom stereocenters. The van der Waals surface area contributed by atoms with Crippen molar-refractivity contribution in [2.45, 2.75) is 114 Å². The van der Waals surface area contributed by atoms with E-state index in [9.17, 15) is 62.6 Å². The molecule has 2 aliphatic heterocycles. The van der Waals surface area contributed by atoms with Crippen molar-refractivity contribution in [2.75, 3.05) is 62.4 Å². The number of terminal acetylenes is 1. The van der Waals surface area contributed by atoms with Crippen LogP contribution in [0.3, 0.4) is 0 Å². The van der Waals surface area contributed by atoms with Crippen LogP contribution in [0.4, 0.5) is 0 Å². The molecule has 80 heavy (non-hydrogen) atoms. The quantitative estimate of drug-likeness (QED) is 0.0182. The molecule has 0 spiro atoms. The van der Waals surface area contributed by atoms with Gasteiger partial charge in [-0.25, -0.2) is 0 Å². The maximum Gasteiger partial charge on any atom is 0.305 e. The van der Waals surface area contributed by atoms with Gasteiger partial charge >= 0.3 is 5.97 Å². The standard InChI is InChI=1S/C49H72N14O14S3/c1-4-12-30(56-28(3)64)41(69)52-17-10-9-15-32-44(72)62-36-25-79-80-26-37(63-46(74)34(22-40(67)68)58-38(65)23-55-42(70)31(59-47(36)75)16-11-18-54-49(50)51)48(76)60-33(21-29-13-7-6-8-14-29)45(73)61-35(24-78-27-39(66)57-32)43(71)53-19-20-77-5-2/h1,6-8,13-14,30-37H,5,9-12,15-27H2,2-3H3,(H,52,69)(H,53,71)(H,55,70)(H,56,64)(H,57,66)(H,58,65)(H,59,75)(H,60,76)(H,61,73)(H,62,72)(H,63,74)(H,67,68)(H4,50,51,54)/t30?,31-,32-,33-,34-,35-,36-,37-/m0/s1. The smallest absolute Gasteiger partial charge is 0.305 e. The summed E-state index contributed by atoms with van der Waals surface area (Å²) in [7, 11) is 1.84. The number of carboxylic acids is 1. The molecule has 1 aromatic carbocycles. The number of nitrogens with one attached hydrogen (secondary N) is 13. The second kappa shape index (κ2) is 36.8. The molecule has 16 N–H and O–H groups in total. The molecule has 2 aliphatic rings. The third-order valence-corrected chi connectivity index (χ3v) is 15.1. The summed E-state index contributed by atoms with van der Waals surface area (Å²) >= 11 is 0.916. The van der Waals surface area contributed by atoms with Crippen molar-refractivity contribution in [3.63, 3.8) is 0 Å². The fourth-order valence-electron chi connectivity index (χ4n) is 7.59. The zero-order valence-corrected chi connectivity index (χ0v) is 46.8. The number of ether oxygens (including phenoxy) is 1. The zero-order valence-electron chi connectivity index (χ0n) is 44.4. The highest BCUT2D eigenvalue weighted by molar-refractivity contribution is 8.76. The Morgan fingerprint density at radius 1 is 0.738 bits per heavy atom. The van der Waals surface area contributed by atoms with E-state index >= 15 is 0 Å². The summed E-state index contributed by atoms with van der Waals surface area (Å²) in [4.78, 5) is 163. The largest absolute Gasteiger partial charge is 0.481 e. The Kier molecular flexibility index (Phi) is 30.8. The number of benzene rings is 1. The highest BCUT2D eigenvalue weighted by Crippen LogP contribution is 2.24. The average Bonchev–Trinajstić information content (AvgIpc) is 3.41. The van der Waals surface area contributed by atoms with Gasteiger partial charge in [-0.05, 0) is 44.6 Å². The van der Waals surface area contributed by atoms with E-state index in [2.05, 4.69) is 69.7 Å². The van der Waals surface area contributed by atoms with Gasteiger partial charge in [0.2, 0.25) is 65.0 Å². The van der Waals surface area contributed by atoms with Crippen molar-refractivity contribution in [2.24, 2.45) is 5.73 Å². The second-order valence-electron chi connectivity index (χ2n) is 18.1. The van der Waals surface area contributed by atoms with E-state index in [-0.39, 0.29) is 100 Å². The monoisotopic (exact) mass is 1180 g/mol. The van der Waals surface area contributed by atoms with Crippen LogP contribution in [0, 0.1) is 17.8 Å². The number of rotatable bonds is 21. The summed E-state index contributed by atoms with van der Waals surface area (Å²) in [6, 6.07) is -2.89. The van der Waals surface area contributed by atoms with Crippen molar-refractivity contribution >= 4 is 110 Å². The molecule has 11 amide bonds. The first-order chi connectivity index (χ1) is 38.2. The third-order valence-electron chi connectivity index (χ3n) is 11.6. The first-order valence-corrected chi connectivity index (χ1v) is 29.2. The molecule has 28 nitrogen and oxygen atoms in total. The van der Waals surface area contributed by atoms with E-state index in [1.165, 1.54) is 6.92 Å². The molecule has 2 heterocycles. The van der Waals surface area contributed by atoms with E-state index in [1.54, 1.807) is 37.3 Å². The van der Waals surface area contributed by atoms with Crippen LogP contribution in [0.1, 0.15) is 64.4 Å². The lowest BCUT2D eigenvalue weighted by Gasteiger charge is -2.27. The topological polar surface area (TPSA) is 429 Å². The van der Waals surface area contributed by atoms with Crippen LogP contribution in [0.5, 0.6) is 0 Å². The number of carbonyl (C=O) groups excluding carboxylic acids is 11.